The van der Waals surface area contributed by atoms with Crippen LogP contribution in [0.1, 0.15) is 26.5 Å². The second kappa shape index (κ2) is 5.93. The molecule has 0 aliphatic carbocycles. The van der Waals surface area contributed by atoms with Gasteiger partial charge in [-0.05, 0) is 30.3 Å². The number of hydrogen-bond donors (Lipinski definition) is 0. The van der Waals surface area contributed by atoms with E-state index in [2.05, 4.69) is 14.7 Å². The van der Waals surface area contributed by atoms with Crippen molar-refractivity contribution >= 4 is 11.6 Å². The van der Waals surface area contributed by atoms with Gasteiger partial charge in [-0.1, -0.05) is 32.4 Å². The summed E-state index contributed by atoms with van der Waals surface area (Å²) in [5, 5.41) is 0.345. The minimum absolute atomic E-state index is 0.0897. The maximum atomic E-state index is 12.1. The molecule has 21 heavy (non-hydrogen) atoms. The van der Waals surface area contributed by atoms with E-state index in [1.807, 2.05) is 20.8 Å². The number of aromatic nitrogens is 2. The summed E-state index contributed by atoms with van der Waals surface area (Å²) >= 11 is 6.03. The molecule has 3 nitrogen and oxygen atoms in total. The lowest BCUT2D eigenvalue weighted by atomic mass is 9.92. The van der Waals surface area contributed by atoms with Crippen molar-refractivity contribution in [2.75, 3.05) is 0 Å². The largest absolute Gasteiger partial charge is 0.435 e. The summed E-state index contributed by atoms with van der Waals surface area (Å²) in [7, 11) is 0. The monoisotopic (exact) mass is 312 g/mol. The van der Waals surface area contributed by atoms with Gasteiger partial charge in [-0.15, -0.1) is 0 Å². The molecule has 0 fully saturated rings. The molecule has 1 aromatic heterocycles. The maximum Gasteiger partial charge on any atom is 0.387 e. The number of hydrogen-bond acceptors (Lipinski definition) is 3. The number of rotatable bonds is 3. The molecule has 2 rings (SSSR count). The fraction of sp³-hybridized carbons (Fsp3) is 0.333. The predicted molar refractivity (Wildman–Crippen MR) is 77.8 cm³/mol. The van der Waals surface area contributed by atoms with E-state index in [9.17, 15) is 8.78 Å². The summed E-state index contributed by atoms with van der Waals surface area (Å²) in [6.45, 7) is 3.23. The molecule has 0 radical (unpaired) electrons. The van der Waals surface area contributed by atoms with Gasteiger partial charge in [-0.3, -0.25) is 0 Å². The zero-order valence-corrected chi connectivity index (χ0v) is 12.7. The minimum Gasteiger partial charge on any atom is -0.435 e. The SMILES string of the molecule is CC(C)(C)c1cc(Cl)nc(-c2ccc(OC(F)F)cc2)n1. The Morgan fingerprint density at radius 2 is 1.71 bits per heavy atom. The van der Waals surface area contributed by atoms with Crippen LogP contribution in [0, 0.1) is 0 Å². The third-order valence-corrected chi connectivity index (χ3v) is 2.99. The Bertz CT molecular complexity index is 625. The molecule has 0 saturated carbocycles. The van der Waals surface area contributed by atoms with Crippen molar-refractivity contribution in [3.63, 3.8) is 0 Å². The molecular formula is C15H15ClF2N2O. The highest BCUT2D eigenvalue weighted by Crippen LogP contribution is 2.26. The molecule has 0 bridgehead atoms. The molecule has 2 aromatic rings. The Labute approximate surface area is 127 Å². The predicted octanol–water partition coefficient (Wildman–Crippen LogP) is 4.70. The van der Waals surface area contributed by atoms with Crippen molar-refractivity contribution in [2.45, 2.75) is 32.8 Å². The van der Waals surface area contributed by atoms with Crippen LogP contribution < -0.4 is 4.74 Å². The van der Waals surface area contributed by atoms with Crippen molar-refractivity contribution in [3.8, 4) is 17.1 Å². The molecule has 0 amide bonds. The van der Waals surface area contributed by atoms with Crippen LogP contribution in [0.15, 0.2) is 30.3 Å². The van der Waals surface area contributed by atoms with Crippen LogP contribution in [-0.2, 0) is 5.41 Å². The molecule has 0 N–H and O–H groups in total. The van der Waals surface area contributed by atoms with Crippen molar-refractivity contribution < 1.29 is 13.5 Å². The normalized spacial score (nSPS) is 11.8. The van der Waals surface area contributed by atoms with Crippen LogP contribution >= 0.6 is 11.6 Å². The molecular weight excluding hydrogens is 298 g/mol. The van der Waals surface area contributed by atoms with E-state index in [-0.39, 0.29) is 11.2 Å². The molecule has 112 valence electrons. The number of nitrogens with zero attached hydrogens (tertiary/aromatic N) is 2. The first-order chi connectivity index (χ1) is 9.75. The Balaban J connectivity index is 2.35. The lowest BCUT2D eigenvalue weighted by Crippen LogP contribution is -2.14. The van der Waals surface area contributed by atoms with E-state index in [1.165, 1.54) is 12.1 Å². The number of benzene rings is 1. The van der Waals surface area contributed by atoms with Crippen LogP contribution in [0.3, 0.4) is 0 Å². The van der Waals surface area contributed by atoms with Crippen molar-refractivity contribution in [3.05, 3.63) is 41.2 Å². The van der Waals surface area contributed by atoms with Gasteiger partial charge in [-0.25, -0.2) is 9.97 Å². The van der Waals surface area contributed by atoms with Gasteiger partial charge >= 0.3 is 6.61 Å². The molecule has 1 heterocycles. The summed E-state index contributed by atoms with van der Waals surface area (Å²) in [6.07, 6.45) is 0. The van der Waals surface area contributed by atoms with Crippen molar-refractivity contribution in [2.24, 2.45) is 0 Å². The van der Waals surface area contributed by atoms with E-state index in [4.69, 9.17) is 11.6 Å². The number of ether oxygens (including phenoxy) is 1. The highest BCUT2D eigenvalue weighted by molar-refractivity contribution is 6.29. The lowest BCUT2D eigenvalue weighted by Gasteiger charge is -2.18. The van der Waals surface area contributed by atoms with E-state index < -0.39 is 6.61 Å². The molecule has 0 aliphatic heterocycles. The van der Waals surface area contributed by atoms with Gasteiger partial charge in [0.1, 0.15) is 10.9 Å². The first-order valence-corrected chi connectivity index (χ1v) is 6.74. The van der Waals surface area contributed by atoms with E-state index in [0.29, 0.717) is 16.5 Å². The van der Waals surface area contributed by atoms with Crippen LogP contribution in [-0.4, -0.2) is 16.6 Å². The van der Waals surface area contributed by atoms with Gasteiger partial charge in [0.15, 0.2) is 5.82 Å². The van der Waals surface area contributed by atoms with Gasteiger partial charge in [0, 0.05) is 11.0 Å². The Hall–Kier alpha value is -1.75. The fourth-order valence-electron chi connectivity index (χ4n) is 1.72. The summed E-state index contributed by atoms with van der Waals surface area (Å²) < 4.78 is 28.5. The van der Waals surface area contributed by atoms with Gasteiger partial charge in [0.25, 0.3) is 0 Å². The molecule has 0 spiro atoms. The first-order valence-electron chi connectivity index (χ1n) is 6.36. The molecule has 1 aromatic carbocycles. The molecule has 0 saturated heterocycles. The summed E-state index contributed by atoms with van der Waals surface area (Å²) in [5.41, 5.74) is 1.33. The van der Waals surface area contributed by atoms with Gasteiger partial charge < -0.3 is 4.74 Å². The van der Waals surface area contributed by atoms with Gasteiger partial charge in [0.2, 0.25) is 0 Å². The standard InChI is InChI=1S/C15H15ClF2N2O/c1-15(2,3)11-8-12(16)20-13(19-11)9-4-6-10(7-5-9)21-14(17)18/h4-8,14H,1-3H3. The summed E-state index contributed by atoms with van der Waals surface area (Å²) in [5.74, 6) is 0.544. The lowest BCUT2D eigenvalue weighted by molar-refractivity contribution is -0.0498. The quantitative estimate of drug-likeness (QED) is 0.771. The second-order valence-electron chi connectivity index (χ2n) is 5.55. The van der Waals surface area contributed by atoms with Crippen LogP contribution in [0.25, 0.3) is 11.4 Å². The zero-order valence-electron chi connectivity index (χ0n) is 11.9. The Morgan fingerprint density at radius 1 is 1.10 bits per heavy atom. The van der Waals surface area contributed by atoms with Crippen molar-refractivity contribution in [1.29, 1.82) is 0 Å². The van der Waals surface area contributed by atoms with E-state index >= 15 is 0 Å². The zero-order chi connectivity index (χ0) is 15.6. The smallest absolute Gasteiger partial charge is 0.387 e. The van der Waals surface area contributed by atoms with E-state index in [1.54, 1.807) is 18.2 Å². The van der Waals surface area contributed by atoms with E-state index in [0.717, 1.165) is 5.69 Å². The topological polar surface area (TPSA) is 35.0 Å². The third-order valence-electron chi connectivity index (χ3n) is 2.80. The highest BCUT2D eigenvalue weighted by atomic mass is 35.5. The molecule has 0 aliphatic rings. The Morgan fingerprint density at radius 3 is 2.24 bits per heavy atom. The third kappa shape index (κ3) is 4.11. The van der Waals surface area contributed by atoms with Crippen LogP contribution in [0.5, 0.6) is 5.75 Å². The number of alkyl halides is 2. The maximum absolute atomic E-state index is 12.1. The fourth-order valence-corrected chi connectivity index (χ4v) is 1.90. The second-order valence-corrected chi connectivity index (χ2v) is 5.94. The summed E-state index contributed by atoms with van der Waals surface area (Å²) in [4.78, 5) is 8.65. The molecule has 0 atom stereocenters. The average Bonchev–Trinajstić information content (AvgIpc) is 2.37. The van der Waals surface area contributed by atoms with Crippen molar-refractivity contribution in [1.82, 2.24) is 9.97 Å². The van der Waals surface area contributed by atoms with Crippen LogP contribution in [0.4, 0.5) is 8.78 Å². The minimum atomic E-state index is -2.84. The Kier molecular flexibility index (Phi) is 4.42. The summed E-state index contributed by atoms with van der Waals surface area (Å²) in [6, 6.07) is 7.86. The first kappa shape index (κ1) is 15.6. The highest BCUT2D eigenvalue weighted by Gasteiger charge is 2.18. The van der Waals surface area contributed by atoms with Gasteiger partial charge in [-0.2, -0.15) is 8.78 Å². The molecule has 6 heteroatoms. The van der Waals surface area contributed by atoms with Gasteiger partial charge in [0.05, 0.1) is 5.69 Å². The average molecular weight is 313 g/mol. The molecule has 0 unspecified atom stereocenters. The van der Waals surface area contributed by atoms with Crippen LogP contribution in [0.2, 0.25) is 5.15 Å². The number of halogens is 3.